The molecular formula is C26H34N4O4. The number of nitrogens with one attached hydrogen (secondary N) is 3. The Labute approximate surface area is 201 Å². The second-order valence-electron chi connectivity index (χ2n) is 8.63. The Kier molecular flexibility index (Phi) is 8.25. The van der Waals surface area contributed by atoms with E-state index in [1.807, 2.05) is 37.3 Å². The molecule has 182 valence electrons. The molecule has 2 aliphatic heterocycles. The molecule has 4 rings (SSSR count). The number of carbonyl (C=O) groups excluding carboxylic acids is 2. The molecule has 2 aliphatic rings. The molecular weight excluding hydrogens is 432 g/mol. The molecule has 3 amide bonds. The van der Waals surface area contributed by atoms with Gasteiger partial charge in [-0.2, -0.15) is 0 Å². The summed E-state index contributed by atoms with van der Waals surface area (Å²) in [4.78, 5) is 28.1. The first-order valence-corrected chi connectivity index (χ1v) is 12.2. The van der Waals surface area contributed by atoms with Gasteiger partial charge in [-0.05, 0) is 69.4 Å². The number of ether oxygens (including phenoxy) is 2. The van der Waals surface area contributed by atoms with E-state index >= 15 is 0 Å². The Morgan fingerprint density at radius 3 is 2.65 bits per heavy atom. The lowest BCUT2D eigenvalue weighted by atomic mass is 10.1. The summed E-state index contributed by atoms with van der Waals surface area (Å²) >= 11 is 0. The molecule has 0 aromatic heterocycles. The topological polar surface area (TPSA) is 91.9 Å². The normalized spacial score (nSPS) is 17.8. The number of para-hydroxylation sites is 2. The molecule has 2 heterocycles. The van der Waals surface area contributed by atoms with Crippen molar-refractivity contribution in [3.05, 3.63) is 48.0 Å². The van der Waals surface area contributed by atoms with Gasteiger partial charge in [0.2, 0.25) is 0 Å². The zero-order chi connectivity index (χ0) is 23.8. The fourth-order valence-electron chi connectivity index (χ4n) is 4.45. The van der Waals surface area contributed by atoms with Crippen molar-refractivity contribution in [2.24, 2.45) is 0 Å². The zero-order valence-corrected chi connectivity index (χ0v) is 19.8. The third kappa shape index (κ3) is 6.20. The van der Waals surface area contributed by atoms with E-state index in [2.05, 4.69) is 20.9 Å². The van der Waals surface area contributed by atoms with E-state index in [4.69, 9.17) is 9.47 Å². The van der Waals surface area contributed by atoms with Crippen LogP contribution in [0.15, 0.2) is 42.5 Å². The monoisotopic (exact) mass is 466 g/mol. The minimum absolute atomic E-state index is 0.0693. The number of hydrogen-bond acceptors (Lipinski definition) is 5. The standard InChI is InChI=1S/C26H34N4O4/c1-2-33-24-11-5-4-10-22(24)29-26(32)28-19-12-13-23(30-14-6-3-7-15-30)21(17-19)25(31)27-18-20-9-8-16-34-20/h4-5,10-13,17,20H,2-3,6-9,14-16,18H2,1H3,(H,27,31)(H2,28,29,32). The van der Waals surface area contributed by atoms with Crippen LogP contribution in [-0.4, -0.2) is 50.9 Å². The van der Waals surface area contributed by atoms with Crippen molar-refractivity contribution in [1.29, 1.82) is 0 Å². The van der Waals surface area contributed by atoms with Crippen molar-refractivity contribution in [2.75, 3.05) is 48.4 Å². The van der Waals surface area contributed by atoms with Gasteiger partial charge in [-0.3, -0.25) is 4.79 Å². The summed E-state index contributed by atoms with van der Waals surface area (Å²) in [5, 5.41) is 8.71. The Balaban J connectivity index is 1.49. The first-order chi connectivity index (χ1) is 16.6. The average molecular weight is 467 g/mol. The maximum Gasteiger partial charge on any atom is 0.323 e. The van der Waals surface area contributed by atoms with Crippen molar-refractivity contribution in [3.63, 3.8) is 0 Å². The Morgan fingerprint density at radius 2 is 1.88 bits per heavy atom. The van der Waals surface area contributed by atoms with Crippen molar-refractivity contribution in [1.82, 2.24) is 5.32 Å². The minimum Gasteiger partial charge on any atom is -0.492 e. The van der Waals surface area contributed by atoms with E-state index in [0.717, 1.165) is 51.1 Å². The van der Waals surface area contributed by atoms with Gasteiger partial charge in [0.1, 0.15) is 5.75 Å². The van der Waals surface area contributed by atoms with Crippen LogP contribution in [0.5, 0.6) is 5.75 Å². The van der Waals surface area contributed by atoms with E-state index in [-0.39, 0.29) is 12.0 Å². The first-order valence-electron chi connectivity index (χ1n) is 12.2. The third-order valence-electron chi connectivity index (χ3n) is 6.15. The molecule has 0 spiro atoms. The van der Waals surface area contributed by atoms with Gasteiger partial charge in [0.25, 0.3) is 5.91 Å². The highest BCUT2D eigenvalue weighted by molar-refractivity contribution is 6.04. The lowest BCUT2D eigenvalue weighted by molar-refractivity contribution is 0.0858. The fraction of sp³-hybridized carbons (Fsp3) is 0.462. The van der Waals surface area contributed by atoms with Crippen LogP contribution in [0.25, 0.3) is 0 Å². The second kappa shape index (κ2) is 11.7. The summed E-state index contributed by atoms with van der Waals surface area (Å²) in [7, 11) is 0. The molecule has 2 saturated heterocycles. The van der Waals surface area contributed by atoms with Crippen LogP contribution in [0.3, 0.4) is 0 Å². The lowest BCUT2D eigenvalue weighted by Crippen LogP contribution is -2.35. The maximum atomic E-state index is 13.2. The summed E-state index contributed by atoms with van der Waals surface area (Å²) in [6, 6.07) is 12.4. The number of amides is 3. The molecule has 0 bridgehead atoms. The predicted molar refractivity (Wildman–Crippen MR) is 134 cm³/mol. The number of carbonyl (C=O) groups is 2. The van der Waals surface area contributed by atoms with Crippen LogP contribution in [-0.2, 0) is 4.74 Å². The third-order valence-corrected chi connectivity index (χ3v) is 6.15. The van der Waals surface area contributed by atoms with Crippen LogP contribution in [0.1, 0.15) is 49.4 Å². The number of anilines is 3. The molecule has 8 nitrogen and oxygen atoms in total. The number of rotatable bonds is 8. The lowest BCUT2D eigenvalue weighted by Gasteiger charge is -2.30. The van der Waals surface area contributed by atoms with Gasteiger partial charge in [-0.25, -0.2) is 4.79 Å². The fourth-order valence-corrected chi connectivity index (χ4v) is 4.45. The molecule has 2 aromatic carbocycles. The van der Waals surface area contributed by atoms with Gasteiger partial charge < -0.3 is 30.3 Å². The predicted octanol–water partition coefficient (Wildman–Crippen LogP) is 4.63. The Hall–Kier alpha value is -3.26. The summed E-state index contributed by atoms with van der Waals surface area (Å²) in [6.07, 6.45) is 5.49. The number of benzene rings is 2. The quantitative estimate of drug-likeness (QED) is 0.528. The van der Waals surface area contributed by atoms with Crippen molar-refractivity contribution in [3.8, 4) is 5.75 Å². The summed E-state index contributed by atoms with van der Waals surface area (Å²) < 4.78 is 11.2. The van der Waals surface area contributed by atoms with E-state index < -0.39 is 6.03 Å². The van der Waals surface area contributed by atoms with Gasteiger partial charge in [-0.1, -0.05) is 12.1 Å². The number of piperidine rings is 1. The number of hydrogen-bond donors (Lipinski definition) is 3. The molecule has 0 radical (unpaired) electrons. The highest BCUT2D eigenvalue weighted by Crippen LogP contribution is 2.28. The highest BCUT2D eigenvalue weighted by atomic mass is 16.5. The largest absolute Gasteiger partial charge is 0.492 e. The average Bonchev–Trinajstić information content (AvgIpc) is 3.38. The Morgan fingerprint density at radius 1 is 1.06 bits per heavy atom. The van der Waals surface area contributed by atoms with Gasteiger partial charge in [0, 0.05) is 37.6 Å². The molecule has 3 N–H and O–H groups in total. The van der Waals surface area contributed by atoms with Gasteiger partial charge >= 0.3 is 6.03 Å². The summed E-state index contributed by atoms with van der Waals surface area (Å²) in [5.74, 6) is 0.455. The number of nitrogens with zero attached hydrogens (tertiary/aromatic N) is 1. The summed E-state index contributed by atoms with van der Waals surface area (Å²) in [6.45, 7) is 5.49. The number of urea groups is 1. The van der Waals surface area contributed by atoms with E-state index in [0.29, 0.717) is 35.8 Å². The van der Waals surface area contributed by atoms with Crippen LogP contribution in [0, 0.1) is 0 Å². The molecule has 8 heteroatoms. The smallest absolute Gasteiger partial charge is 0.323 e. The second-order valence-corrected chi connectivity index (χ2v) is 8.63. The molecule has 0 aliphatic carbocycles. The molecule has 34 heavy (non-hydrogen) atoms. The molecule has 1 unspecified atom stereocenters. The maximum absolute atomic E-state index is 13.2. The van der Waals surface area contributed by atoms with E-state index in [1.165, 1.54) is 6.42 Å². The Bertz CT molecular complexity index is 985. The zero-order valence-electron chi connectivity index (χ0n) is 19.8. The van der Waals surface area contributed by atoms with Crippen molar-refractivity contribution >= 4 is 29.0 Å². The summed E-state index contributed by atoms with van der Waals surface area (Å²) in [5.41, 5.74) is 2.60. The van der Waals surface area contributed by atoms with E-state index in [9.17, 15) is 9.59 Å². The van der Waals surface area contributed by atoms with Gasteiger partial charge in [0.05, 0.1) is 24.0 Å². The van der Waals surface area contributed by atoms with Gasteiger partial charge in [-0.15, -0.1) is 0 Å². The molecule has 1 atom stereocenters. The van der Waals surface area contributed by atoms with Crippen LogP contribution >= 0.6 is 0 Å². The van der Waals surface area contributed by atoms with Crippen molar-refractivity contribution < 1.29 is 19.1 Å². The first kappa shape index (κ1) is 23.9. The molecule has 0 saturated carbocycles. The minimum atomic E-state index is -0.399. The van der Waals surface area contributed by atoms with Crippen LogP contribution in [0.4, 0.5) is 21.9 Å². The van der Waals surface area contributed by atoms with Crippen molar-refractivity contribution in [2.45, 2.75) is 45.1 Å². The SMILES string of the molecule is CCOc1ccccc1NC(=O)Nc1ccc(N2CCCCC2)c(C(=O)NCC2CCCO2)c1. The molecule has 2 aromatic rings. The van der Waals surface area contributed by atoms with E-state index in [1.54, 1.807) is 12.1 Å². The highest BCUT2D eigenvalue weighted by Gasteiger charge is 2.22. The van der Waals surface area contributed by atoms with Gasteiger partial charge in [0.15, 0.2) is 0 Å². The molecule has 2 fully saturated rings. The van der Waals surface area contributed by atoms with Crippen LogP contribution < -0.4 is 25.6 Å². The van der Waals surface area contributed by atoms with Crippen LogP contribution in [0.2, 0.25) is 0 Å².